The number of ether oxygens (including phenoxy) is 9. The lowest BCUT2D eigenvalue weighted by Gasteiger charge is -2.49. The minimum absolute atomic E-state index is 0.830. The van der Waals surface area contributed by atoms with E-state index in [0.717, 1.165) is 0 Å². The molecule has 26 heteroatoms. The van der Waals surface area contributed by atoms with Crippen LogP contribution in [0.25, 0.3) is 0 Å². The van der Waals surface area contributed by atoms with Crippen LogP contribution in [0.5, 0.6) is 0 Å². The number of hydrogen-bond donors (Lipinski definition) is 17. The van der Waals surface area contributed by atoms with Crippen molar-refractivity contribution in [3.8, 4) is 0 Å². The molecular formula is C30H52O26. The maximum absolute atomic E-state index is 11.3. The van der Waals surface area contributed by atoms with Gasteiger partial charge in [-0.25, -0.2) is 0 Å². The van der Waals surface area contributed by atoms with Gasteiger partial charge in [0.25, 0.3) is 0 Å². The van der Waals surface area contributed by atoms with Gasteiger partial charge in [0.2, 0.25) is 0 Å². The highest BCUT2D eigenvalue weighted by Gasteiger charge is 2.56. The van der Waals surface area contributed by atoms with Gasteiger partial charge >= 0.3 is 0 Å². The van der Waals surface area contributed by atoms with Gasteiger partial charge in [-0.2, -0.15) is 0 Å². The van der Waals surface area contributed by atoms with Crippen molar-refractivity contribution in [3.63, 3.8) is 0 Å². The third kappa shape index (κ3) is 9.31. The molecule has 25 atom stereocenters. The third-order valence-electron chi connectivity index (χ3n) is 10.3. The van der Waals surface area contributed by atoms with Crippen molar-refractivity contribution in [2.45, 2.75) is 154 Å². The second-order valence-corrected chi connectivity index (χ2v) is 14.0. The molecule has 0 aromatic carbocycles. The summed E-state index contributed by atoms with van der Waals surface area (Å²) in [5, 5.41) is 176. The van der Waals surface area contributed by atoms with Crippen LogP contribution in [0.1, 0.15) is 0 Å². The molecule has 5 rings (SSSR count). The van der Waals surface area contributed by atoms with Crippen molar-refractivity contribution in [2.75, 3.05) is 33.0 Å². The van der Waals surface area contributed by atoms with E-state index in [2.05, 4.69) is 0 Å². The Hall–Kier alpha value is -1.04. The topological polar surface area (TPSA) is 427 Å². The highest BCUT2D eigenvalue weighted by Crippen LogP contribution is 2.35. The van der Waals surface area contributed by atoms with Gasteiger partial charge in [0.05, 0.1) is 33.0 Å². The summed E-state index contributed by atoms with van der Waals surface area (Å²) in [6.07, 6.45) is -46.4. The summed E-state index contributed by atoms with van der Waals surface area (Å²) >= 11 is 0. The van der Waals surface area contributed by atoms with E-state index in [-0.39, 0.29) is 0 Å². The normalized spacial score (nSPS) is 53.2. The Kier molecular flexibility index (Phi) is 16.1. The first-order valence-corrected chi connectivity index (χ1v) is 17.6. The fourth-order valence-corrected chi connectivity index (χ4v) is 6.93. The Morgan fingerprint density at radius 2 is 0.625 bits per heavy atom. The molecule has 0 aliphatic carbocycles. The number of aliphatic hydroxyl groups is 17. The molecule has 0 spiro atoms. The average molecular weight is 829 g/mol. The lowest BCUT2D eigenvalue weighted by Crippen LogP contribution is -2.67. The first-order valence-electron chi connectivity index (χ1n) is 17.6. The maximum Gasteiger partial charge on any atom is 0.187 e. The summed E-state index contributed by atoms with van der Waals surface area (Å²) in [5.74, 6) is 0. The van der Waals surface area contributed by atoms with Crippen LogP contribution in [0.3, 0.4) is 0 Å². The van der Waals surface area contributed by atoms with Gasteiger partial charge in [-0.1, -0.05) is 0 Å². The van der Waals surface area contributed by atoms with Crippen molar-refractivity contribution in [1.82, 2.24) is 0 Å². The zero-order valence-electron chi connectivity index (χ0n) is 29.2. The van der Waals surface area contributed by atoms with Gasteiger partial charge in [0.15, 0.2) is 31.5 Å². The molecule has 0 aromatic rings. The molecule has 17 N–H and O–H groups in total. The van der Waals surface area contributed by atoms with Crippen molar-refractivity contribution < 1.29 is 129 Å². The zero-order chi connectivity index (χ0) is 41.3. The van der Waals surface area contributed by atoms with E-state index in [9.17, 15) is 86.8 Å². The van der Waals surface area contributed by atoms with Crippen LogP contribution in [-0.2, 0) is 42.6 Å². The summed E-state index contributed by atoms with van der Waals surface area (Å²) in [5.41, 5.74) is 0. The number of rotatable bonds is 13. The van der Waals surface area contributed by atoms with Crippen LogP contribution in [0.2, 0.25) is 0 Å². The van der Waals surface area contributed by atoms with E-state index in [4.69, 9.17) is 42.6 Å². The van der Waals surface area contributed by atoms with Gasteiger partial charge < -0.3 is 129 Å². The molecule has 56 heavy (non-hydrogen) atoms. The van der Waals surface area contributed by atoms with Crippen LogP contribution < -0.4 is 0 Å². The highest BCUT2D eigenvalue weighted by molar-refractivity contribution is 4.98. The Morgan fingerprint density at radius 1 is 0.304 bits per heavy atom. The molecule has 0 aromatic heterocycles. The predicted molar refractivity (Wildman–Crippen MR) is 167 cm³/mol. The SMILES string of the molecule is OC[C@H]1O[C@H](OC[C@H]2O[C@@H](O[C@H]3[C@H](O)[C@@H](O)C(O)O[C@@H]3CO)[C@@H](O)[C@@H](O)[C@@H]2O[C@@H]2O[C@H](CO)[C@@H](O[C@@H]3O[C@H](CO)[C@@H](O)[C@H](O)[C@@H]3O)[C@H](O)[C@H]2O)[C@H](O)[C@@H](O)[C@H]1O. The lowest BCUT2D eigenvalue weighted by atomic mass is 9.95. The zero-order valence-corrected chi connectivity index (χ0v) is 29.2. The van der Waals surface area contributed by atoms with Gasteiger partial charge in [0.1, 0.15) is 122 Å². The first-order chi connectivity index (χ1) is 26.5. The quantitative estimate of drug-likeness (QED) is 0.0819. The summed E-state index contributed by atoms with van der Waals surface area (Å²) in [6, 6.07) is 0. The van der Waals surface area contributed by atoms with Gasteiger partial charge in [0, 0.05) is 0 Å². The van der Waals surface area contributed by atoms with E-state index in [1.165, 1.54) is 0 Å². The summed E-state index contributed by atoms with van der Waals surface area (Å²) in [6.45, 7) is -4.37. The molecular weight excluding hydrogens is 776 g/mol. The van der Waals surface area contributed by atoms with E-state index in [0.29, 0.717) is 0 Å². The first kappa shape index (κ1) is 46.0. The molecule has 5 saturated heterocycles. The Balaban J connectivity index is 1.35. The minimum atomic E-state index is -2.15. The third-order valence-corrected chi connectivity index (χ3v) is 10.3. The molecule has 5 fully saturated rings. The largest absolute Gasteiger partial charge is 0.394 e. The molecule has 5 aliphatic heterocycles. The van der Waals surface area contributed by atoms with E-state index in [1.807, 2.05) is 0 Å². The van der Waals surface area contributed by atoms with E-state index >= 15 is 0 Å². The predicted octanol–water partition coefficient (Wildman–Crippen LogP) is -11.9. The molecule has 328 valence electrons. The number of hydrogen-bond acceptors (Lipinski definition) is 26. The molecule has 26 nitrogen and oxygen atoms in total. The van der Waals surface area contributed by atoms with Gasteiger partial charge in [-0.3, -0.25) is 0 Å². The highest BCUT2D eigenvalue weighted by atomic mass is 16.8. The van der Waals surface area contributed by atoms with Crippen molar-refractivity contribution in [2.24, 2.45) is 0 Å². The second-order valence-electron chi connectivity index (χ2n) is 14.0. The lowest BCUT2D eigenvalue weighted by molar-refractivity contribution is -0.391. The smallest absolute Gasteiger partial charge is 0.187 e. The van der Waals surface area contributed by atoms with Crippen LogP contribution in [0.15, 0.2) is 0 Å². The van der Waals surface area contributed by atoms with Crippen LogP contribution >= 0.6 is 0 Å². The second kappa shape index (κ2) is 19.6. The summed E-state index contributed by atoms with van der Waals surface area (Å²) in [7, 11) is 0. The molecule has 0 bridgehead atoms. The molecule has 0 radical (unpaired) electrons. The fraction of sp³-hybridized carbons (Fsp3) is 1.00. The monoisotopic (exact) mass is 828 g/mol. The molecule has 5 heterocycles. The molecule has 1 unspecified atom stereocenters. The van der Waals surface area contributed by atoms with E-state index in [1.54, 1.807) is 0 Å². The van der Waals surface area contributed by atoms with Gasteiger partial charge in [-0.15, -0.1) is 0 Å². The Labute approximate surface area is 316 Å². The summed E-state index contributed by atoms with van der Waals surface area (Å²) < 4.78 is 49.5. The van der Waals surface area contributed by atoms with Crippen molar-refractivity contribution in [3.05, 3.63) is 0 Å². The van der Waals surface area contributed by atoms with Crippen molar-refractivity contribution >= 4 is 0 Å². The fourth-order valence-electron chi connectivity index (χ4n) is 6.93. The molecule has 0 saturated carbocycles. The van der Waals surface area contributed by atoms with Crippen LogP contribution in [0, 0.1) is 0 Å². The molecule has 0 amide bonds. The Bertz CT molecular complexity index is 1200. The van der Waals surface area contributed by atoms with Crippen LogP contribution in [-0.4, -0.2) is 273 Å². The number of aliphatic hydroxyl groups excluding tert-OH is 17. The van der Waals surface area contributed by atoms with Gasteiger partial charge in [-0.05, 0) is 0 Å². The van der Waals surface area contributed by atoms with E-state index < -0.39 is 187 Å². The van der Waals surface area contributed by atoms with Crippen LogP contribution in [0.4, 0.5) is 0 Å². The Morgan fingerprint density at radius 3 is 1.07 bits per heavy atom. The average Bonchev–Trinajstić information content (AvgIpc) is 3.19. The van der Waals surface area contributed by atoms with Crippen molar-refractivity contribution in [1.29, 1.82) is 0 Å². The maximum atomic E-state index is 11.3. The minimum Gasteiger partial charge on any atom is -0.394 e. The molecule has 5 aliphatic rings. The summed E-state index contributed by atoms with van der Waals surface area (Å²) in [4.78, 5) is 0. The standard InChI is InChI=1S/C30H52O26/c31-1-6-11(35)13(37)19(43)27(50-6)48-5-10-25(17(41)22(46)30(53-10)54-23-8(3-33)49-26(47)18(42)15(23)39)56-29-21(45)16(40)24(9(4-34)52-29)55-28-20(44)14(38)12(36)7(2-32)51-28/h6-47H,1-5H2/t6-,7-,8-,9-,10-,11+,12-,13+,14+,15-,16-,17-,18-,19-,20+,21-,22+,23-,24-,25-,26?,27+,28+,29+,30+/m1/s1.